The van der Waals surface area contributed by atoms with E-state index in [1.165, 1.54) is 12.8 Å². The fourth-order valence-electron chi connectivity index (χ4n) is 0.832. The van der Waals surface area contributed by atoms with Crippen molar-refractivity contribution in [3.05, 3.63) is 5.57 Å². The van der Waals surface area contributed by atoms with E-state index < -0.39 is 0 Å². The number of hydrogen-bond donors (Lipinski definition) is 0. The van der Waals surface area contributed by atoms with Crippen molar-refractivity contribution >= 4 is 5.94 Å². The molecule has 0 aromatic rings. The molecule has 0 radical (unpaired) electrons. The van der Waals surface area contributed by atoms with Gasteiger partial charge < -0.3 is 4.74 Å². The minimum absolute atomic E-state index is 0.658. The number of carbonyl (C=O) groups excluding carboxylic acids is 1. The summed E-state index contributed by atoms with van der Waals surface area (Å²) < 4.78 is 5.31. The molecule has 0 amide bonds. The van der Waals surface area contributed by atoms with Crippen LogP contribution in [0.1, 0.15) is 39.5 Å². The van der Waals surface area contributed by atoms with E-state index in [0.717, 1.165) is 25.0 Å². The average Bonchev–Trinajstić information content (AvgIpc) is 2.10. The molecular weight excluding hydrogens is 152 g/mol. The molecule has 0 N–H and O–H groups in total. The maximum absolute atomic E-state index is 10.1. The summed E-state index contributed by atoms with van der Waals surface area (Å²) in [5, 5.41) is 0. The van der Waals surface area contributed by atoms with Crippen LogP contribution in [0.5, 0.6) is 0 Å². The number of hydrogen-bond acceptors (Lipinski definition) is 2. The first-order valence-electron chi connectivity index (χ1n) is 4.59. The Morgan fingerprint density at radius 1 is 1.33 bits per heavy atom. The summed E-state index contributed by atoms with van der Waals surface area (Å²) in [4.78, 5) is 10.1. The molecule has 0 spiro atoms. The molecule has 0 bridgehead atoms. The number of unbranched alkanes of at least 4 members (excludes halogenated alkanes) is 2. The molecule has 0 atom stereocenters. The van der Waals surface area contributed by atoms with Gasteiger partial charge in [0.2, 0.25) is 0 Å². The Bertz CT molecular complexity index is 146. The van der Waals surface area contributed by atoms with Crippen LogP contribution >= 0.6 is 0 Å². The van der Waals surface area contributed by atoms with E-state index in [1.807, 2.05) is 5.94 Å². The van der Waals surface area contributed by atoms with Crippen molar-refractivity contribution in [1.29, 1.82) is 0 Å². The molecule has 70 valence electrons. The fourth-order valence-corrected chi connectivity index (χ4v) is 0.832. The number of rotatable bonds is 7. The summed E-state index contributed by atoms with van der Waals surface area (Å²) in [6.07, 6.45) is 4.29. The van der Waals surface area contributed by atoms with Gasteiger partial charge in [0.15, 0.2) is 0 Å². The molecule has 12 heavy (non-hydrogen) atoms. The van der Waals surface area contributed by atoms with E-state index >= 15 is 0 Å². The molecule has 2 heteroatoms. The normalized spacial score (nSPS) is 9.50. The molecule has 2 nitrogen and oxygen atoms in total. The third-order valence-corrected chi connectivity index (χ3v) is 1.69. The largest absolute Gasteiger partial charge is 0.381 e. The van der Waals surface area contributed by atoms with Crippen molar-refractivity contribution in [3.63, 3.8) is 0 Å². The van der Waals surface area contributed by atoms with Gasteiger partial charge in [-0.25, -0.2) is 4.79 Å². The van der Waals surface area contributed by atoms with Crippen LogP contribution in [-0.4, -0.2) is 19.2 Å². The fraction of sp³-hybridized carbons (Fsp3) is 0.800. The molecule has 0 aromatic carbocycles. The second kappa shape index (κ2) is 8.51. The molecule has 0 saturated carbocycles. The van der Waals surface area contributed by atoms with Gasteiger partial charge in [0.1, 0.15) is 5.94 Å². The van der Waals surface area contributed by atoms with E-state index in [2.05, 4.69) is 6.92 Å². The van der Waals surface area contributed by atoms with Crippen molar-refractivity contribution in [2.75, 3.05) is 13.2 Å². The lowest BCUT2D eigenvalue weighted by atomic mass is 10.2. The van der Waals surface area contributed by atoms with Crippen LogP contribution in [0.25, 0.3) is 0 Å². The second-order valence-corrected chi connectivity index (χ2v) is 2.95. The molecule has 0 aliphatic carbocycles. The SMILES string of the molecule is CCCCCOCCC(C)=C=O. The highest BCUT2D eigenvalue weighted by Gasteiger charge is 1.91. The third kappa shape index (κ3) is 7.52. The topological polar surface area (TPSA) is 26.3 Å². The Morgan fingerprint density at radius 2 is 2.08 bits per heavy atom. The van der Waals surface area contributed by atoms with E-state index in [4.69, 9.17) is 4.74 Å². The van der Waals surface area contributed by atoms with Crippen molar-refractivity contribution in [3.8, 4) is 0 Å². The summed E-state index contributed by atoms with van der Waals surface area (Å²) in [5.74, 6) is 1.85. The minimum atomic E-state index is 0.658. The summed E-state index contributed by atoms with van der Waals surface area (Å²) in [5.41, 5.74) is 0.741. The molecule has 0 fully saturated rings. The van der Waals surface area contributed by atoms with Gasteiger partial charge in [-0.1, -0.05) is 19.8 Å². The van der Waals surface area contributed by atoms with Crippen LogP contribution in [0.2, 0.25) is 0 Å². The van der Waals surface area contributed by atoms with Crippen LogP contribution in [0, 0.1) is 0 Å². The van der Waals surface area contributed by atoms with Crippen molar-refractivity contribution < 1.29 is 9.53 Å². The first kappa shape index (κ1) is 11.4. The molecule has 0 unspecified atom stereocenters. The molecule has 0 saturated heterocycles. The van der Waals surface area contributed by atoms with Crippen molar-refractivity contribution in [2.24, 2.45) is 0 Å². The molecule has 0 aliphatic heterocycles. The number of ether oxygens (including phenoxy) is 1. The van der Waals surface area contributed by atoms with Gasteiger partial charge in [0, 0.05) is 18.6 Å². The van der Waals surface area contributed by atoms with Crippen LogP contribution in [0.3, 0.4) is 0 Å². The summed E-state index contributed by atoms with van der Waals surface area (Å²) >= 11 is 0. The third-order valence-electron chi connectivity index (χ3n) is 1.69. The van der Waals surface area contributed by atoms with E-state index in [0.29, 0.717) is 6.61 Å². The summed E-state index contributed by atoms with van der Waals surface area (Å²) in [6.45, 7) is 5.42. The Labute approximate surface area is 74.6 Å². The maximum atomic E-state index is 10.1. The summed E-state index contributed by atoms with van der Waals surface area (Å²) in [6, 6.07) is 0. The molecule has 0 heterocycles. The first-order chi connectivity index (χ1) is 5.81. The quantitative estimate of drug-likeness (QED) is 0.433. The lowest BCUT2D eigenvalue weighted by Crippen LogP contribution is -1.97. The zero-order chi connectivity index (χ0) is 9.23. The zero-order valence-electron chi connectivity index (χ0n) is 8.06. The van der Waals surface area contributed by atoms with Crippen LogP contribution in [0.15, 0.2) is 5.57 Å². The Morgan fingerprint density at radius 3 is 2.67 bits per heavy atom. The highest BCUT2D eigenvalue weighted by molar-refractivity contribution is 5.50. The van der Waals surface area contributed by atoms with E-state index in [9.17, 15) is 4.79 Å². The van der Waals surface area contributed by atoms with Gasteiger partial charge in [0.05, 0.1) is 6.61 Å². The second-order valence-electron chi connectivity index (χ2n) is 2.95. The Balaban J connectivity index is 3.06. The van der Waals surface area contributed by atoms with Crippen LogP contribution in [0.4, 0.5) is 0 Å². The maximum Gasteiger partial charge on any atom is 0.123 e. The highest BCUT2D eigenvalue weighted by atomic mass is 16.5. The van der Waals surface area contributed by atoms with E-state index in [1.54, 1.807) is 6.92 Å². The predicted molar refractivity (Wildman–Crippen MR) is 49.8 cm³/mol. The Kier molecular flexibility index (Phi) is 8.09. The molecule has 0 aromatic heterocycles. The molecular formula is C10H18O2. The van der Waals surface area contributed by atoms with Crippen molar-refractivity contribution in [2.45, 2.75) is 39.5 Å². The van der Waals surface area contributed by atoms with Crippen LogP contribution < -0.4 is 0 Å². The van der Waals surface area contributed by atoms with Gasteiger partial charge in [-0.2, -0.15) is 0 Å². The predicted octanol–water partition coefficient (Wildman–Crippen LogP) is 2.36. The van der Waals surface area contributed by atoms with E-state index in [-0.39, 0.29) is 0 Å². The van der Waals surface area contributed by atoms with Gasteiger partial charge in [-0.05, 0) is 13.3 Å². The van der Waals surface area contributed by atoms with Gasteiger partial charge in [-0.3, -0.25) is 0 Å². The molecule has 0 aliphatic rings. The van der Waals surface area contributed by atoms with Crippen LogP contribution in [-0.2, 0) is 9.53 Å². The monoisotopic (exact) mass is 170 g/mol. The zero-order valence-corrected chi connectivity index (χ0v) is 8.06. The van der Waals surface area contributed by atoms with Gasteiger partial charge in [-0.15, -0.1) is 0 Å². The standard InChI is InChI=1S/C10H18O2/c1-3-4-5-7-12-8-6-10(2)9-11/h3-8H2,1-2H3. The highest BCUT2D eigenvalue weighted by Crippen LogP contribution is 1.97. The average molecular weight is 170 g/mol. The Hall–Kier alpha value is -0.590. The first-order valence-corrected chi connectivity index (χ1v) is 4.59. The lowest BCUT2D eigenvalue weighted by Gasteiger charge is -2.01. The smallest absolute Gasteiger partial charge is 0.123 e. The molecule has 0 rings (SSSR count). The van der Waals surface area contributed by atoms with Gasteiger partial charge in [0.25, 0.3) is 0 Å². The minimum Gasteiger partial charge on any atom is -0.381 e. The van der Waals surface area contributed by atoms with Gasteiger partial charge >= 0.3 is 0 Å². The lowest BCUT2D eigenvalue weighted by molar-refractivity contribution is 0.133. The summed E-state index contributed by atoms with van der Waals surface area (Å²) in [7, 11) is 0. The van der Waals surface area contributed by atoms with Crippen molar-refractivity contribution in [1.82, 2.24) is 0 Å².